The maximum Gasteiger partial charge on any atom is 0.332 e. The Morgan fingerprint density at radius 1 is 1.31 bits per heavy atom. The van der Waals surface area contributed by atoms with E-state index in [0.29, 0.717) is 9.99 Å². The van der Waals surface area contributed by atoms with Crippen molar-refractivity contribution in [3.8, 4) is 0 Å². The van der Waals surface area contributed by atoms with Crippen LogP contribution in [-0.4, -0.2) is 35.8 Å². The lowest BCUT2D eigenvalue weighted by Gasteiger charge is -2.23. The molecule has 140 valence electrons. The number of aromatic nitrogens is 1. The molecule has 0 spiro atoms. The summed E-state index contributed by atoms with van der Waals surface area (Å²) in [5, 5.41) is 5.59. The summed E-state index contributed by atoms with van der Waals surface area (Å²) >= 11 is 5.76. The van der Waals surface area contributed by atoms with Gasteiger partial charge in [0.15, 0.2) is 0 Å². The number of aryl methyl sites for hydroxylation is 1. The number of hydrogen-bond donors (Lipinski definition) is 2. The van der Waals surface area contributed by atoms with E-state index in [1.165, 1.54) is 18.5 Å². The summed E-state index contributed by atoms with van der Waals surface area (Å²) in [5.74, 6) is 0. The van der Waals surface area contributed by atoms with Crippen LogP contribution in [0.1, 0.15) is 19.4 Å². The fourth-order valence-electron chi connectivity index (χ4n) is 2.23. The van der Waals surface area contributed by atoms with Gasteiger partial charge in [0.2, 0.25) is 0 Å². The first kappa shape index (κ1) is 20.0. The summed E-state index contributed by atoms with van der Waals surface area (Å²) in [7, 11) is -4.19. The molecule has 0 unspecified atom stereocenters. The number of carbonyl (C=O) groups excluding carboxylic acids is 1. The second kappa shape index (κ2) is 8.37. The minimum absolute atomic E-state index is 0.138. The number of nitrogens with zero attached hydrogens (tertiary/aromatic N) is 2. The third-order valence-corrected chi connectivity index (χ3v) is 5.53. The molecule has 1 aromatic heterocycles. The lowest BCUT2D eigenvalue weighted by molar-refractivity contribution is 0.224. The van der Waals surface area contributed by atoms with Crippen molar-refractivity contribution in [3.05, 3.63) is 48.3 Å². The molecular weight excluding hydrogens is 376 g/mol. The number of nitrogens with one attached hydrogen (secondary N) is 2. The van der Waals surface area contributed by atoms with Crippen LogP contribution in [0, 0.1) is 6.92 Å². The van der Waals surface area contributed by atoms with E-state index in [9.17, 15) is 13.2 Å². The predicted octanol–water partition coefficient (Wildman–Crippen LogP) is 3.44. The number of urea groups is 1. The van der Waals surface area contributed by atoms with Gasteiger partial charge in [-0.05, 0) is 44.5 Å². The van der Waals surface area contributed by atoms with Gasteiger partial charge in [-0.2, -0.15) is 0 Å². The lowest BCUT2D eigenvalue weighted by atomic mass is 10.2. The fraction of sp³-hybridized carbons (Fsp3) is 0.294. The Hall–Kier alpha value is -2.32. The number of carbonyl (C=O) groups is 1. The van der Waals surface area contributed by atoms with Gasteiger partial charge >= 0.3 is 6.03 Å². The van der Waals surface area contributed by atoms with Gasteiger partial charge in [-0.25, -0.2) is 17.5 Å². The standard InChI is InChI=1S/C17H21ClN4O3S/c1-12(2)20-17(23)22(11-18)26(24,25)16-10-19-8-7-15(16)21-14-6-4-5-13(3)9-14/h4-10,12H,11H2,1-3H3,(H,19,21)(H,20,23). The number of amides is 2. The monoisotopic (exact) mass is 396 g/mol. The van der Waals surface area contributed by atoms with Crippen molar-refractivity contribution >= 4 is 39.0 Å². The van der Waals surface area contributed by atoms with E-state index in [4.69, 9.17) is 11.6 Å². The van der Waals surface area contributed by atoms with Crippen molar-refractivity contribution in [2.24, 2.45) is 0 Å². The molecule has 2 aromatic rings. The van der Waals surface area contributed by atoms with Gasteiger partial charge in [0.25, 0.3) is 10.0 Å². The van der Waals surface area contributed by atoms with E-state index in [1.807, 2.05) is 31.2 Å². The van der Waals surface area contributed by atoms with Crippen LogP contribution in [0.25, 0.3) is 0 Å². The predicted molar refractivity (Wildman–Crippen MR) is 102 cm³/mol. The molecule has 0 bridgehead atoms. The van der Waals surface area contributed by atoms with Crippen LogP contribution < -0.4 is 10.6 Å². The molecule has 9 heteroatoms. The largest absolute Gasteiger partial charge is 0.354 e. The summed E-state index contributed by atoms with van der Waals surface area (Å²) in [5.41, 5.74) is 2.04. The van der Waals surface area contributed by atoms with Gasteiger partial charge in [-0.1, -0.05) is 12.1 Å². The van der Waals surface area contributed by atoms with Crippen LogP contribution in [-0.2, 0) is 10.0 Å². The van der Waals surface area contributed by atoms with Crippen LogP contribution in [0.15, 0.2) is 47.6 Å². The smallest absolute Gasteiger partial charge is 0.332 e. The number of pyridine rings is 1. The zero-order chi connectivity index (χ0) is 19.3. The van der Waals surface area contributed by atoms with Crippen molar-refractivity contribution in [2.45, 2.75) is 31.7 Å². The average Bonchev–Trinajstić information content (AvgIpc) is 2.55. The SMILES string of the molecule is Cc1cccc(Nc2ccncc2S(=O)(=O)N(CCl)C(=O)NC(C)C)c1. The molecule has 0 atom stereocenters. The number of anilines is 2. The summed E-state index contributed by atoms with van der Waals surface area (Å²) < 4.78 is 26.5. The van der Waals surface area contributed by atoms with Gasteiger partial charge < -0.3 is 10.6 Å². The first-order valence-corrected chi connectivity index (χ1v) is 9.90. The normalized spacial score (nSPS) is 11.3. The quantitative estimate of drug-likeness (QED) is 0.576. The summed E-state index contributed by atoms with van der Waals surface area (Å²) in [4.78, 5) is 16.0. The average molecular weight is 397 g/mol. The molecule has 2 amide bonds. The highest BCUT2D eigenvalue weighted by atomic mass is 35.5. The molecule has 0 saturated carbocycles. The summed E-state index contributed by atoms with van der Waals surface area (Å²) in [6.45, 7) is 5.39. The van der Waals surface area contributed by atoms with E-state index >= 15 is 0 Å². The minimum Gasteiger partial charge on any atom is -0.354 e. The van der Waals surface area contributed by atoms with Crippen molar-refractivity contribution in [2.75, 3.05) is 11.3 Å². The molecule has 0 aliphatic rings. The molecule has 0 aliphatic carbocycles. The van der Waals surface area contributed by atoms with Crippen molar-refractivity contribution in [3.63, 3.8) is 0 Å². The Morgan fingerprint density at radius 2 is 2.04 bits per heavy atom. The van der Waals surface area contributed by atoms with E-state index in [2.05, 4.69) is 15.6 Å². The number of alkyl halides is 1. The van der Waals surface area contributed by atoms with Crippen molar-refractivity contribution in [1.82, 2.24) is 14.6 Å². The number of benzene rings is 1. The molecule has 7 nitrogen and oxygen atoms in total. The van der Waals surface area contributed by atoms with Crippen LogP contribution in [0.3, 0.4) is 0 Å². The lowest BCUT2D eigenvalue weighted by Crippen LogP contribution is -2.45. The van der Waals surface area contributed by atoms with E-state index in [1.54, 1.807) is 13.8 Å². The van der Waals surface area contributed by atoms with Gasteiger partial charge in [-0.15, -0.1) is 11.6 Å². The van der Waals surface area contributed by atoms with Crippen molar-refractivity contribution in [1.29, 1.82) is 0 Å². The Kier molecular flexibility index (Phi) is 6.44. The number of hydrogen-bond acceptors (Lipinski definition) is 5. The first-order chi connectivity index (χ1) is 12.3. The van der Waals surface area contributed by atoms with Crippen LogP contribution in [0.2, 0.25) is 0 Å². The number of halogens is 1. The van der Waals surface area contributed by atoms with Gasteiger partial charge in [0.1, 0.15) is 10.9 Å². The molecule has 1 aromatic carbocycles. The topological polar surface area (TPSA) is 91.4 Å². The van der Waals surface area contributed by atoms with Crippen LogP contribution in [0.4, 0.5) is 16.2 Å². The molecular formula is C17H21ClN4O3S. The highest BCUT2D eigenvalue weighted by molar-refractivity contribution is 7.89. The van der Waals surface area contributed by atoms with E-state index in [-0.39, 0.29) is 10.9 Å². The number of sulfonamides is 1. The maximum absolute atomic E-state index is 13.0. The molecule has 26 heavy (non-hydrogen) atoms. The van der Waals surface area contributed by atoms with Gasteiger partial charge in [0, 0.05) is 24.1 Å². The molecule has 2 rings (SSSR count). The highest BCUT2D eigenvalue weighted by Crippen LogP contribution is 2.27. The first-order valence-electron chi connectivity index (χ1n) is 7.92. The molecule has 1 heterocycles. The van der Waals surface area contributed by atoms with Crippen LogP contribution in [0.5, 0.6) is 0 Å². The summed E-state index contributed by atoms with van der Waals surface area (Å²) in [6.07, 6.45) is 2.66. The van der Waals surface area contributed by atoms with Crippen molar-refractivity contribution < 1.29 is 13.2 Å². The third kappa shape index (κ3) is 4.64. The highest BCUT2D eigenvalue weighted by Gasteiger charge is 2.31. The zero-order valence-electron chi connectivity index (χ0n) is 14.7. The Bertz CT molecular complexity index is 887. The van der Waals surface area contributed by atoms with E-state index < -0.39 is 22.1 Å². The minimum atomic E-state index is -4.19. The van der Waals surface area contributed by atoms with E-state index in [0.717, 1.165) is 11.3 Å². The molecule has 0 fully saturated rings. The third-order valence-electron chi connectivity index (χ3n) is 3.40. The molecule has 0 aliphatic heterocycles. The Balaban J connectivity index is 2.42. The molecule has 2 N–H and O–H groups in total. The Morgan fingerprint density at radius 3 is 2.65 bits per heavy atom. The number of rotatable bonds is 6. The van der Waals surface area contributed by atoms with Gasteiger partial charge in [0.05, 0.1) is 5.69 Å². The second-order valence-corrected chi connectivity index (χ2v) is 8.01. The van der Waals surface area contributed by atoms with Crippen LogP contribution >= 0.6 is 11.6 Å². The molecule has 0 radical (unpaired) electrons. The maximum atomic E-state index is 13.0. The molecule has 0 saturated heterocycles. The van der Waals surface area contributed by atoms with Gasteiger partial charge in [-0.3, -0.25) is 4.98 Å². The fourth-order valence-corrected chi connectivity index (χ4v) is 3.95. The Labute approximate surface area is 158 Å². The zero-order valence-corrected chi connectivity index (χ0v) is 16.3. The summed E-state index contributed by atoms with van der Waals surface area (Å²) in [6, 6.07) is 7.47. The second-order valence-electron chi connectivity index (χ2n) is 5.94.